The normalized spacial score (nSPS) is 11.0. The van der Waals surface area contributed by atoms with E-state index in [9.17, 15) is 20.1 Å². The molecule has 0 amide bonds. The van der Waals surface area contributed by atoms with Crippen LogP contribution in [0, 0.1) is 0 Å². The van der Waals surface area contributed by atoms with Crippen molar-refractivity contribution in [1.29, 1.82) is 0 Å². The van der Waals surface area contributed by atoms with Gasteiger partial charge in [0.05, 0.1) is 0 Å². The van der Waals surface area contributed by atoms with Gasteiger partial charge < -0.3 is 19.7 Å². The number of allylic oxidation sites excluding steroid dienone is 4. The number of benzene rings is 2. The number of phenolic OH excluding ortho intramolecular Hbond substituents is 3. The molecule has 3 aromatic rings. The highest BCUT2D eigenvalue weighted by Crippen LogP contribution is 2.41. The molecule has 3 rings (SSSR count). The third-order valence-corrected chi connectivity index (χ3v) is 4.69. The lowest BCUT2D eigenvalue weighted by Gasteiger charge is -2.15. The van der Waals surface area contributed by atoms with E-state index in [-0.39, 0.29) is 51.2 Å². The molecule has 5 heteroatoms. The van der Waals surface area contributed by atoms with E-state index in [1.165, 1.54) is 6.07 Å². The molecule has 0 aliphatic heterocycles. The van der Waals surface area contributed by atoms with Gasteiger partial charge in [-0.25, -0.2) is 0 Å². The number of aromatic hydroxyl groups is 3. The maximum atomic E-state index is 13.1. The minimum atomic E-state index is -0.524. The van der Waals surface area contributed by atoms with Crippen molar-refractivity contribution in [3.05, 3.63) is 62.8 Å². The molecule has 2 aromatic carbocycles. The Bertz CT molecular complexity index is 1190. The van der Waals surface area contributed by atoms with Crippen molar-refractivity contribution < 1.29 is 19.7 Å². The van der Waals surface area contributed by atoms with Crippen molar-refractivity contribution in [2.75, 3.05) is 0 Å². The summed E-state index contributed by atoms with van der Waals surface area (Å²) in [6.45, 7) is 7.71. The maximum Gasteiger partial charge on any atom is 0.208 e. The number of fused-ring (bicyclic) bond motifs is 2. The van der Waals surface area contributed by atoms with Crippen LogP contribution in [0.4, 0.5) is 0 Å². The predicted octanol–water partition coefficient (Wildman–Crippen LogP) is 5.08. The van der Waals surface area contributed by atoms with Gasteiger partial charge in [-0.2, -0.15) is 0 Å². The molecule has 0 aliphatic carbocycles. The molecule has 0 saturated carbocycles. The van der Waals surface area contributed by atoms with Crippen LogP contribution in [0.5, 0.6) is 17.2 Å². The highest BCUT2D eigenvalue weighted by molar-refractivity contribution is 5.98. The molecule has 3 N–H and O–H groups in total. The summed E-state index contributed by atoms with van der Waals surface area (Å²) in [5.74, 6) is -0.607. The largest absolute Gasteiger partial charge is 0.507 e. The summed E-state index contributed by atoms with van der Waals surface area (Å²) in [6, 6.07) is 4.55. The van der Waals surface area contributed by atoms with E-state index >= 15 is 0 Å². The number of phenols is 3. The van der Waals surface area contributed by atoms with Crippen LogP contribution >= 0.6 is 0 Å². The van der Waals surface area contributed by atoms with Crippen LogP contribution < -0.4 is 5.43 Å². The Morgan fingerprint density at radius 1 is 0.893 bits per heavy atom. The van der Waals surface area contributed by atoms with E-state index in [1.54, 1.807) is 12.1 Å². The summed E-state index contributed by atoms with van der Waals surface area (Å²) in [5.41, 5.74) is 2.59. The van der Waals surface area contributed by atoms with Gasteiger partial charge in [-0.1, -0.05) is 29.4 Å². The molecular formula is C23H24O5. The lowest BCUT2D eigenvalue weighted by atomic mass is 9.96. The maximum absolute atomic E-state index is 13.1. The Morgan fingerprint density at radius 3 is 2.11 bits per heavy atom. The standard InChI is InChI=1S/C23H24O5/c1-12(2)8-10-14-20(25)15(11-9-13(3)4)23-19(21(14)26)22(27)18-16(24)6-5-7-17(18)28-23/h5-9,24-26H,10-11H2,1-4H3. The molecule has 0 aliphatic rings. The lowest BCUT2D eigenvalue weighted by Crippen LogP contribution is -2.06. The monoisotopic (exact) mass is 380 g/mol. The highest BCUT2D eigenvalue weighted by Gasteiger charge is 2.24. The second-order valence-corrected chi connectivity index (χ2v) is 7.41. The van der Waals surface area contributed by atoms with Gasteiger partial charge in [-0.05, 0) is 52.7 Å². The number of hydrogen-bond donors (Lipinski definition) is 3. The zero-order valence-corrected chi connectivity index (χ0v) is 16.5. The van der Waals surface area contributed by atoms with E-state index in [2.05, 4.69) is 0 Å². The van der Waals surface area contributed by atoms with E-state index < -0.39 is 5.43 Å². The Labute approximate surface area is 162 Å². The van der Waals surface area contributed by atoms with Gasteiger partial charge in [0.1, 0.15) is 39.2 Å². The van der Waals surface area contributed by atoms with Crippen molar-refractivity contribution in [2.24, 2.45) is 0 Å². The van der Waals surface area contributed by atoms with Gasteiger partial charge in [0, 0.05) is 11.1 Å². The first kappa shape index (κ1) is 19.5. The number of rotatable bonds is 4. The van der Waals surface area contributed by atoms with Crippen LogP contribution in [0.1, 0.15) is 38.8 Å². The molecule has 0 spiro atoms. The van der Waals surface area contributed by atoms with E-state index in [0.717, 1.165) is 11.1 Å². The molecule has 0 unspecified atom stereocenters. The molecule has 0 radical (unpaired) electrons. The third-order valence-electron chi connectivity index (χ3n) is 4.69. The third kappa shape index (κ3) is 3.36. The minimum Gasteiger partial charge on any atom is -0.507 e. The Hall–Kier alpha value is -3.21. The molecule has 28 heavy (non-hydrogen) atoms. The average molecular weight is 380 g/mol. The molecule has 146 valence electrons. The predicted molar refractivity (Wildman–Crippen MR) is 111 cm³/mol. The Morgan fingerprint density at radius 2 is 1.50 bits per heavy atom. The summed E-state index contributed by atoms with van der Waals surface area (Å²) in [7, 11) is 0. The molecular weight excluding hydrogens is 356 g/mol. The molecule has 0 bridgehead atoms. The summed E-state index contributed by atoms with van der Waals surface area (Å²) >= 11 is 0. The topological polar surface area (TPSA) is 90.9 Å². The fourth-order valence-electron chi connectivity index (χ4n) is 3.20. The minimum absolute atomic E-state index is 0.0114. The average Bonchev–Trinajstić information content (AvgIpc) is 2.60. The molecule has 5 nitrogen and oxygen atoms in total. The molecule has 1 heterocycles. The first-order chi connectivity index (χ1) is 13.2. The van der Waals surface area contributed by atoms with Gasteiger partial charge >= 0.3 is 0 Å². The zero-order valence-electron chi connectivity index (χ0n) is 16.5. The second kappa shape index (κ2) is 7.43. The summed E-state index contributed by atoms with van der Waals surface area (Å²) in [4.78, 5) is 13.1. The van der Waals surface area contributed by atoms with Gasteiger partial charge in [-0.15, -0.1) is 0 Å². The summed E-state index contributed by atoms with van der Waals surface area (Å²) < 4.78 is 5.89. The van der Waals surface area contributed by atoms with Crippen molar-refractivity contribution in [1.82, 2.24) is 0 Å². The van der Waals surface area contributed by atoms with Crippen LogP contribution in [0.2, 0.25) is 0 Å². The van der Waals surface area contributed by atoms with E-state index in [4.69, 9.17) is 4.42 Å². The van der Waals surface area contributed by atoms with Crippen molar-refractivity contribution in [3.8, 4) is 17.2 Å². The van der Waals surface area contributed by atoms with Crippen LogP contribution in [0.25, 0.3) is 21.9 Å². The molecule has 0 fully saturated rings. The van der Waals surface area contributed by atoms with Gasteiger partial charge in [-0.3, -0.25) is 4.79 Å². The van der Waals surface area contributed by atoms with Crippen LogP contribution in [0.15, 0.2) is 50.7 Å². The molecule has 0 saturated heterocycles. The van der Waals surface area contributed by atoms with Crippen molar-refractivity contribution in [3.63, 3.8) is 0 Å². The molecule has 0 atom stereocenters. The Balaban J connectivity index is 2.49. The second-order valence-electron chi connectivity index (χ2n) is 7.41. The van der Waals surface area contributed by atoms with Crippen molar-refractivity contribution in [2.45, 2.75) is 40.5 Å². The fourth-order valence-corrected chi connectivity index (χ4v) is 3.20. The van der Waals surface area contributed by atoms with E-state index in [0.29, 0.717) is 12.0 Å². The van der Waals surface area contributed by atoms with Crippen LogP contribution in [-0.4, -0.2) is 15.3 Å². The van der Waals surface area contributed by atoms with Gasteiger partial charge in [0.2, 0.25) is 5.43 Å². The SMILES string of the molecule is CC(C)=CCc1c(O)c(CC=C(C)C)c2oc3cccc(O)c3c(=O)c2c1O. The van der Waals surface area contributed by atoms with Gasteiger partial charge in [0.25, 0.3) is 0 Å². The summed E-state index contributed by atoms with van der Waals surface area (Å²) in [5, 5.41) is 31.8. The number of hydrogen-bond acceptors (Lipinski definition) is 5. The van der Waals surface area contributed by atoms with E-state index in [1.807, 2.05) is 39.8 Å². The van der Waals surface area contributed by atoms with Crippen molar-refractivity contribution >= 4 is 21.9 Å². The van der Waals surface area contributed by atoms with Crippen LogP contribution in [-0.2, 0) is 12.8 Å². The first-order valence-corrected chi connectivity index (χ1v) is 9.13. The smallest absolute Gasteiger partial charge is 0.208 e. The summed E-state index contributed by atoms with van der Waals surface area (Å²) in [6.07, 6.45) is 4.41. The van der Waals surface area contributed by atoms with Gasteiger partial charge in [0.15, 0.2) is 0 Å². The highest BCUT2D eigenvalue weighted by atomic mass is 16.3. The quantitative estimate of drug-likeness (QED) is 0.434. The fraction of sp³-hybridized carbons (Fsp3) is 0.261. The molecule has 1 aromatic heterocycles. The zero-order chi connectivity index (χ0) is 20.6. The first-order valence-electron chi connectivity index (χ1n) is 9.13. The lowest BCUT2D eigenvalue weighted by molar-refractivity contribution is 0.439. The van der Waals surface area contributed by atoms with Crippen LogP contribution in [0.3, 0.4) is 0 Å². The Kier molecular flexibility index (Phi) is 5.18.